The molecule has 0 aromatic heterocycles. The van der Waals surface area contributed by atoms with E-state index >= 15 is 0 Å². The maximum atomic E-state index is 6.02. The van der Waals surface area contributed by atoms with Crippen molar-refractivity contribution in [2.24, 2.45) is 0 Å². The predicted molar refractivity (Wildman–Crippen MR) is 88.2 cm³/mol. The van der Waals surface area contributed by atoms with Crippen LogP contribution in [0.2, 0.25) is 0 Å². The molecule has 1 heterocycles. The minimum atomic E-state index is 0. The van der Waals surface area contributed by atoms with Crippen LogP contribution in [0.4, 0.5) is 0 Å². The molecular weight excluding hydrogens is 270 g/mol. The van der Waals surface area contributed by atoms with Crippen molar-refractivity contribution in [3.8, 4) is 5.75 Å². The second-order valence-electron chi connectivity index (χ2n) is 5.61. The maximum absolute atomic E-state index is 6.02. The Labute approximate surface area is 129 Å². The lowest BCUT2D eigenvalue weighted by Gasteiger charge is -2.23. The fourth-order valence-corrected chi connectivity index (χ4v) is 2.42. The first-order chi connectivity index (χ1) is 9.16. The number of hydrogen-bond donors (Lipinski definition) is 0. The summed E-state index contributed by atoms with van der Waals surface area (Å²) in [5.74, 6) is 1.57. The van der Waals surface area contributed by atoms with Crippen LogP contribution in [0, 0.1) is 6.92 Å². The Balaban J connectivity index is 0.00000200. The molecule has 0 saturated carbocycles. The van der Waals surface area contributed by atoms with E-state index < -0.39 is 0 Å². The predicted octanol–water partition coefficient (Wildman–Crippen LogP) is 4.18. The Morgan fingerprint density at radius 1 is 1.25 bits per heavy atom. The summed E-state index contributed by atoms with van der Waals surface area (Å²) in [5.41, 5.74) is 2.57. The van der Waals surface area contributed by atoms with E-state index in [1.165, 1.54) is 17.5 Å². The molecule has 0 radical (unpaired) electrons. The van der Waals surface area contributed by atoms with Gasteiger partial charge in [0.05, 0.1) is 0 Å². The minimum absolute atomic E-state index is 0. The molecule has 2 rings (SSSR count). The molecule has 20 heavy (non-hydrogen) atoms. The van der Waals surface area contributed by atoms with E-state index in [9.17, 15) is 0 Å². The molecule has 0 amide bonds. The van der Waals surface area contributed by atoms with Crippen molar-refractivity contribution in [2.45, 2.75) is 33.1 Å². The number of ether oxygens (including phenoxy) is 1. The molecule has 1 aromatic rings. The molecule has 112 valence electrons. The van der Waals surface area contributed by atoms with E-state index in [0.717, 1.165) is 32.0 Å². The number of nitrogens with zero attached hydrogens (tertiary/aromatic N) is 1. The third kappa shape index (κ3) is 4.84. The average Bonchev–Trinajstić information content (AvgIpc) is 2.39. The van der Waals surface area contributed by atoms with Gasteiger partial charge >= 0.3 is 0 Å². The van der Waals surface area contributed by atoms with Crippen LogP contribution in [0.3, 0.4) is 0 Å². The number of hydrogen-bond acceptors (Lipinski definition) is 2. The molecular formula is C17H26ClNO. The molecule has 0 spiro atoms. The van der Waals surface area contributed by atoms with Crippen molar-refractivity contribution in [3.63, 3.8) is 0 Å². The van der Waals surface area contributed by atoms with E-state index in [1.54, 1.807) is 0 Å². The fourth-order valence-electron chi connectivity index (χ4n) is 2.42. The summed E-state index contributed by atoms with van der Waals surface area (Å²) in [6.07, 6.45) is 5.67. The monoisotopic (exact) mass is 295 g/mol. The van der Waals surface area contributed by atoms with E-state index in [4.69, 9.17) is 4.74 Å². The van der Waals surface area contributed by atoms with Crippen molar-refractivity contribution in [1.82, 2.24) is 4.90 Å². The van der Waals surface area contributed by atoms with Gasteiger partial charge in [-0.3, -0.25) is 4.90 Å². The van der Waals surface area contributed by atoms with E-state index in [0.29, 0.717) is 5.92 Å². The molecule has 0 saturated heterocycles. The molecule has 1 aliphatic rings. The van der Waals surface area contributed by atoms with E-state index in [-0.39, 0.29) is 12.4 Å². The topological polar surface area (TPSA) is 12.5 Å². The van der Waals surface area contributed by atoms with Gasteiger partial charge in [0.2, 0.25) is 0 Å². The lowest BCUT2D eigenvalue weighted by molar-refractivity contribution is 0.219. The van der Waals surface area contributed by atoms with Gasteiger partial charge in [-0.1, -0.05) is 38.1 Å². The van der Waals surface area contributed by atoms with E-state index in [2.05, 4.69) is 56.0 Å². The van der Waals surface area contributed by atoms with Gasteiger partial charge in [0.1, 0.15) is 12.4 Å². The molecule has 3 heteroatoms. The van der Waals surface area contributed by atoms with Crippen molar-refractivity contribution in [1.29, 1.82) is 0 Å². The van der Waals surface area contributed by atoms with Crippen LogP contribution in [0.25, 0.3) is 0 Å². The lowest BCUT2D eigenvalue weighted by atomic mass is 10.0. The van der Waals surface area contributed by atoms with Gasteiger partial charge in [0.15, 0.2) is 0 Å². The summed E-state index contributed by atoms with van der Waals surface area (Å²) in [7, 11) is 0. The highest BCUT2D eigenvalue weighted by atomic mass is 35.5. The van der Waals surface area contributed by atoms with Crippen LogP contribution >= 0.6 is 12.4 Å². The second-order valence-corrected chi connectivity index (χ2v) is 5.61. The standard InChI is InChI=1S/C17H25NO.ClH/c1-14(2)16-8-7-15(3)13-17(16)19-12-11-18-9-5-4-6-10-18;/h4-5,7-8,13-14H,6,9-12H2,1-3H3;1H. The van der Waals surface area contributed by atoms with Crippen LogP contribution in [0.5, 0.6) is 5.75 Å². The summed E-state index contributed by atoms with van der Waals surface area (Å²) < 4.78 is 6.02. The van der Waals surface area contributed by atoms with Gasteiger partial charge in [-0.25, -0.2) is 0 Å². The number of aryl methyl sites for hydroxylation is 1. The van der Waals surface area contributed by atoms with Gasteiger partial charge in [0.25, 0.3) is 0 Å². The van der Waals surface area contributed by atoms with Gasteiger partial charge < -0.3 is 4.74 Å². The smallest absolute Gasteiger partial charge is 0.123 e. The lowest BCUT2D eigenvalue weighted by Crippen LogP contribution is -2.31. The Bertz CT molecular complexity index is 443. The molecule has 0 unspecified atom stereocenters. The normalized spacial score (nSPS) is 15.2. The zero-order valence-corrected chi connectivity index (χ0v) is 13.6. The first-order valence-corrected chi connectivity index (χ1v) is 7.27. The van der Waals surface area contributed by atoms with Gasteiger partial charge in [-0.15, -0.1) is 12.4 Å². The molecule has 0 N–H and O–H groups in total. The third-order valence-corrected chi connectivity index (χ3v) is 3.60. The summed E-state index contributed by atoms with van der Waals surface area (Å²) in [6.45, 7) is 10.6. The fraction of sp³-hybridized carbons (Fsp3) is 0.529. The summed E-state index contributed by atoms with van der Waals surface area (Å²) in [5, 5.41) is 0. The Hall–Kier alpha value is -0.990. The minimum Gasteiger partial charge on any atom is -0.492 e. The highest BCUT2D eigenvalue weighted by Gasteiger charge is 2.10. The Morgan fingerprint density at radius 2 is 2.05 bits per heavy atom. The van der Waals surface area contributed by atoms with E-state index in [1.807, 2.05) is 0 Å². The van der Waals surface area contributed by atoms with Gasteiger partial charge in [-0.05, 0) is 36.5 Å². The number of rotatable bonds is 5. The number of benzene rings is 1. The summed E-state index contributed by atoms with van der Waals surface area (Å²) in [6, 6.07) is 6.52. The molecule has 0 fully saturated rings. The van der Waals surface area contributed by atoms with Crippen molar-refractivity contribution >= 4 is 12.4 Å². The summed E-state index contributed by atoms with van der Waals surface area (Å²) >= 11 is 0. The Kier molecular flexibility index (Phi) is 7.11. The average molecular weight is 296 g/mol. The highest BCUT2D eigenvalue weighted by Crippen LogP contribution is 2.27. The molecule has 0 atom stereocenters. The largest absolute Gasteiger partial charge is 0.492 e. The highest BCUT2D eigenvalue weighted by molar-refractivity contribution is 5.85. The SMILES string of the molecule is Cc1ccc(C(C)C)c(OCCN2CC=CCC2)c1.Cl. The quantitative estimate of drug-likeness (QED) is 0.756. The second kappa shape index (κ2) is 8.33. The first-order valence-electron chi connectivity index (χ1n) is 7.27. The number of halogens is 1. The van der Waals surface area contributed by atoms with Crippen LogP contribution in [-0.4, -0.2) is 31.1 Å². The first kappa shape index (κ1) is 17.1. The van der Waals surface area contributed by atoms with Crippen LogP contribution in [0.15, 0.2) is 30.4 Å². The Morgan fingerprint density at radius 3 is 2.70 bits per heavy atom. The molecule has 0 bridgehead atoms. The maximum Gasteiger partial charge on any atom is 0.123 e. The van der Waals surface area contributed by atoms with Crippen LogP contribution < -0.4 is 4.74 Å². The summed E-state index contributed by atoms with van der Waals surface area (Å²) in [4.78, 5) is 2.44. The molecule has 2 nitrogen and oxygen atoms in total. The zero-order valence-electron chi connectivity index (χ0n) is 12.8. The van der Waals surface area contributed by atoms with Crippen molar-refractivity contribution in [2.75, 3.05) is 26.2 Å². The molecule has 1 aromatic carbocycles. The molecule has 1 aliphatic heterocycles. The van der Waals surface area contributed by atoms with Crippen LogP contribution in [0.1, 0.15) is 37.3 Å². The molecule has 0 aliphatic carbocycles. The van der Waals surface area contributed by atoms with Gasteiger partial charge in [-0.2, -0.15) is 0 Å². The van der Waals surface area contributed by atoms with Gasteiger partial charge in [0, 0.05) is 19.6 Å². The van der Waals surface area contributed by atoms with Crippen LogP contribution in [-0.2, 0) is 0 Å². The van der Waals surface area contributed by atoms with Crippen molar-refractivity contribution in [3.05, 3.63) is 41.5 Å². The zero-order chi connectivity index (χ0) is 13.7. The third-order valence-electron chi connectivity index (χ3n) is 3.60. The van der Waals surface area contributed by atoms with Crippen molar-refractivity contribution < 1.29 is 4.74 Å².